The largest absolute Gasteiger partial charge is 0.479 e. The number of fused-ring (bicyclic) bond motifs is 1. The predicted molar refractivity (Wildman–Crippen MR) is 80.7 cm³/mol. The fourth-order valence-electron chi connectivity index (χ4n) is 3.21. The van der Waals surface area contributed by atoms with Crippen molar-refractivity contribution in [2.24, 2.45) is 0 Å². The number of carbonyl (C=O) groups excluding carboxylic acids is 1. The molecule has 5 nitrogen and oxygen atoms in total. The molecule has 0 spiro atoms. The molecule has 1 saturated heterocycles. The third-order valence-corrected chi connectivity index (χ3v) is 4.46. The van der Waals surface area contributed by atoms with Crippen LogP contribution in [0.5, 0.6) is 0 Å². The molecule has 1 unspecified atom stereocenters. The number of nitrogens with zero attached hydrogens (tertiary/aromatic N) is 1. The van der Waals surface area contributed by atoms with E-state index in [0.29, 0.717) is 13.0 Å². The summed E-state index contributed by atoms with van der Waals surface area (Å²) in [6.07, 6.45) is 4.12. The van der Waals surface area contributed by atoms with Gasteiger partial charge in [0.05, 0.1) is 19.6 Å². The Morgan fingerprint density at radius 2 is 2.00 bits per heavy atom. The average Bonchev–Trinajstić information content (AvgIpc) is 2.55. The maximum atomic E-state index is 12.4. The molecule has 1 aliphatic carbocycles. The highest BCUT2D eigenvalue weighted by molar-refractivity contribution is 5.80. The number of benzene rings is 1. The Hall–Kier alpha value is -1.88. The van der Waals surface area contributed by atoms with E-state index in [1.807, 2.05) is 6.07 Å². The molecule has 1 aromatic carbocycles. The molecule has 3 rings (SSSR count). The van der Waals surface area contributed by atoms with E-state index in [2.05, 4.69) is 12.1 Å². The van der Waals surface area contributed by atoms with Gasteiger partial charge in [-0.3, -0.25) is 4.79 Å². The van der Waals surface area contributed by atoms with Gasteiger partial charge in [-0.15, -0.1) is 0 Å². The minimum Gasteiger partial charge on any atom is -0.479 e. The van der Waals surface area contributed by atoms with Crippen molar-refractivity contribution in [1.29, 1.82) is 0 Å². The van der Waals surface area contributed by atoms with Crippen LogP contribution >= 0.6 is 0 Å². The van der Waals surface area contributed by atoms with Crippen LogP contribution in [0.1, 0.15) is 29.5 Å². The van der Waals surface area contributed by atoms with Crippen LogP contribution in [0.2, 0.25) is 0 Å². The molecule has 1 amide bonds. The normalized spacial score (nSPS) is 21.3. The lowest BCUT2D eigenvalue weighted by molar-refractivity contribution is -0.159. The highest BCUT2D eigenvalue weighted by Gasteiger charge is 2.28. The molecule has 1 fully saturated rings. The maximum Gasteiger partial charge on any atom is 0.334 e. The van der Waals surface area contributed by atoms with Crippen LogP contribution in [0.15, 0.2) is 18.2 Å². The summed E-state index contributed by atoms with van der Waals surface area (Å²) in [5.74, 6) is -1.03. The Labute approximate surface area is 129 Å². The molecule has 118 valence electrons. The summed E-state index contributed by atoms with van der Waals surface area (Å²) in [7, 11) is 0. The van der Waals surface area contributed by atoms with Crippen molar-refractivity contribution in [2.45, 2.75) is 38.2 Å². The van der Waals surface area contributed by atoms with E-state index < -0.39 is 12.1 Å². The van der Waals surface area contributed by atoms with E-state index in [1.54, 1.807) is 4.90 Å². The molecule has 0 saturated carbocycles. The van der Waals surface area contributed by atoms with E-state index in [4.69, 9.17) is 9.84 Å². The van der Waals surface area contributed by atoms with Crippen LogP contribution in [0.4, 0.5) is 0 Å². The molecule has 2 aliphatic rings. The van der Waals surface area contributed by atoms with Crippen molar-refractivity contribution in [3.8, 4) is 0 Å². The van der Waals surface area contributed by atoms with Gasteiger partial charge in [0.25, 0.3) is 0 Å². The number of hydrogen-bond donors (Lipinski definition) is 1. The number of aryl methyl sites for hydroxylation is 2. The summed E-state index contributed by atoms with van der Waals surface area (Å²) in [5.41, 5.74) is 3.78. The fraction of sp³-hybridized carbons (Fsp3) is 0.529. The maximum absolute atomic E-state index is 12.4. The van der Waals surface area contributed by atoms with E-state index in [-0.39, 0.29) is 19.1 Å². The van der Waals surface area contributed by atoms with Gasteiger partial charge in [-0.05, 0) is 42.4 Å². The molecule has 0 radical (unpaired) electrons. The monoisotopic (exact) mass is 303 g/mol. The van der Waals surface area contributed by atoms with E-state index in [1.165, 1.54) is 24.0 Å². The standard InChI is InChI=1S/C17H21NO4/c19-16(18-7-8-22-15(11-18)17(20)21)10-12-5-6-13-3-1-2-4-14(13)9-12/h5-6,9,15H,1-4,7-8,10-11H2,(H,20,21). The Balaban J connectivity index is 1.65. The zero-order valence-electron chi connectivity index (χ0n) is 12.6. The third-order valence-electron chi connectivity index (χ3n) is 4.46. The van der Waals surface area contributed by atoms with Crippen molar-refractivity contribution >= 4 is 11.9 Å². The minimum atomic E-state index is -1.01. The third kappa shape index (κ3) is 3.30. The first-order valence-electron chi connectivity index (χ1n) is 7.86. The molecule has 0 aromatic heterocycles. The lowest BCUT2D eigenvalue weighted by Gasteiger charge is -2.31. The van der Waals surface area contributed by atoms with E-state index in [9.17, 15) is 9.59 Å². The summed E-state index contributed by atoms with van der Waals surface area (Å²) < 4.78 is 5.15. The van der Waals surface area contributed by atoms with Gasteiger partial charge in [-0.2, -0.15) is 0 Å². The zero-order chi connectivity index (χ0) is 15.5. The Bertz CT molecular complexity index is 584. The number of carbonyl (C=O) groups is 2. The number of hydrogen-bond acceptors (Lipinski definition) is 3. The molecule has 22 heavy (non-hydrogen) atoms. The molecular weight excluding hydrogens is 282 g/mol. The van der Waals surface area contributed by atoms with Crippen molar-refractivity contribution in [1.82, 2.24) is 4.90 Å². The summed E-state index contributed by atoms with van der Waals surface area (Å²) in [5, 5.41) is 9.00. The van der Waals surface area contributed by atoms with Crippen molar-refractivity contribution < 1.29 is 19.4 Å². The lowest BCUT2D eigenvalue weighted by Crippen LogP contribution is -2.49. The summed E-state index contributed by atoms with van der Waals surface area (Å²) in [4.78, 5) is 25.0. The first kappa shape index (κ1) is 15.0. The Morgan fingerprint density at radius 3 is 2.77 bits per heavy atom. The van der Waals surface area contributed by atoms with Crippen LogP contribution in [-0.2, 0) is 33.6 Å². The first-order valence-corrected chi connectivity index (χ1v) is 7.86. The zero-order valence-corrected chi connectivity index (χ0v) is 12.6. The van der Waals surface area contributed by atoms with Crippen molar-refractivity contribution in [2.75, 3.05) is 19.7 Å². The Kier molecular flexibility index (Phi) is 4.43. The number of aliphatic carboxylic acids is 1. The number of rotatable bonds is 3. The van der Waals surface area contributed by atoms with Gasteiger partial charge < -0.3 is 14.7 Å². The van der Waals surface area contributed by atoms with E-state index in [0.717, 1.165) is 18.4 Å². The summed E-state index contributed by atoms with van der Waals surface area (Å²) in [6.45, 7) is 0.888. The van der Waals surface area contributed by atoms with E-state index >= 15 is 0 Å². The van der Waals surface area contributed by atoms with Crippen molar-refractivity contribution in [3.63, 3.8) is 0 Å². The lowest BCUT2D eigenvalue weighted by atomic mass is 9.90. The molecular formula is C17H21NO4. The summed E-state index contributed by atoms with van der Waals surface area (Å²) in [6, 6.07) is 6.30. The average molecular weight is 303 g/mol. The molecule has 1 N–H and O–H groups in total. The minimum absolute atomic E-state index is 0.0229. The molecule has 1 atom stereocenters. The van der Waals surface area contributed by atoms with Crippen LogP contribution < -0.4 is 0 Å². The van der Waals surface area contributed by atoms with Gasteiger partial charge in [-0.25, -0.2) is 4.79 Å². The van der Waals surface area contributed by atoms with Gasteiger partial charge in [-0.1, -0.05) is 18.2 Å². The second kappa shape index (κ2) is 6.48. The van der Waals surface area contributed by atoms with Crippen LogP contribution in [0.25, 0.3) is 0 Å². The first-order chi connectivity index (χ1) is 10.6. The van der Waals surface area contributed by atoms with Gasteiger partial charge in [0, 0.05) is 6.54 Å². The molecule has 5 heteroatoms. The van der Waals surface area contributed by atoms with Crippen molar-refractivity contribution in [3.05, 3.63) is 34.9 Å². The predicted octanol–water partition coefficient (Wildman–Crippen LogP) is 1.42. The second-order valence-corrected chi connectivity index (χ2v) is 6.02. The van der Waals surface area contributed by atoms with Gasteiger partial charge in [0.2, 0.25) is 5.91 Å². The SMILES string of the molecule is O=C(O)C1CN(C(=O)Cc2ccc3c(c2)CCCC3)CCO1. The number of carboxylic acid groups (broad SMARTS) is 1. The smallest absolute Gasteiger partial charge is 0.334 e. The number of morpholine rings is 1. The van der Waals surface area contributed by atoms with Gasteiger partial charge in [0.15, 0.2) is 6.10 Å². The number of ether oxygens (including phenoxy) is 1. The topological polar surface area (TPSA) is 66.8 Å². The van der Waals surface area contributed by atoms with Crippen LogP contribution in [-0.4, -0.2) is 47.7 Å². The quantitative estimate of drug-likeness (QED) is 0.917. The molecule has 0 bridgehead atoms. The molecule has 1 aromatic rings. The second-order valence-electron chi connectivity index (χ2n) is 6.02. The van der Waals surface area contributed by atoms with Gasteiger partial charge >= 0.3 is 5.97 Å². The fourth-order valence-corrected chi connectivity index (χ4v) is 3.21. The molecule has 1 aliphatic heterocycles. The number of amides is 1. The number of carboxylic acids is 1. The highest BCUT2D eigenvalue weighted by Crippen LogP contribution is 2.22. The molecule has 1 heterocycles. The highest BCUT2D eigenvalue weighted by atomic mass is 16.5. The van der Waals surface area contributed by atoms with Crippen LogP contribution in [0, 0.1) is 0 Å². The Morgan fingerprint density at radius 1 is 1.23 bits per heavy atom. The summed E-state index contributed by atoms with van der Waals surface area (Å²) >= 11 is 0. The van der Waals surface area contributed by atoms with Crippen LogP contribution in [0.3, 0.4) is 0 Å². The van der Waals surface area contributed by atoms with Gasteiger partial charge in [0.1, 0.15) is 0 Å².